The van der Waals surface area contributed by atoms with E-state index < -0.39 is 0 Å². The highest BCUT2D eigenvalue weighted by Gasteiger charge is 2.42. The molecule has 0 radical (unpaired) electrons. The fourth-order valence-corrected chi connectivity index (χ4v) is 4.57. The van der Waals surface area contributed by atoms with E-state index in [-0.39, 0.29) is 6.04 Å². The van der Waals surface area contributed by atoms with Gasteiger partial charge in [0, 0.05) is 36.3 Å². The molecule has 0 amide bonds. The molecule has 1 aromatic rings. The number of hydrogen-bond acceptors (Lipinski definition) is 3. The highest BCUT2D eigenvalue weighted by atomic mass is 15.2. The minimum absolute atomic E-state index is 0.169. The van der Waals surface area contributed by atoms with Gasteiger partial charge in [-0.2, -0.15) is 0 Å². The second-order valence-electron chi connectivity index (χ2n) is 6.84. The molecule has 0 bridgehead atoms. The monoisotopic (exact) mass is 283 g/mol. The van der Waals surface area contributed by atoms with E-state index in [1.807, 2.05) is 0 Å². The lowest BCUT2D eigenvalue weighted by Gasteiger charge is -2.44. The first kappa shape index (κ1) is 13.4. The molecule has 0 fully saturated rings. The van der Waals surface area contributed by atoms with Gasteiger partial charge >= 0.3 is 0 Å². The van der Waals surface area contributed by atoms with Crippen molar-refractivity contribution < 1.29 is 0 Å². The summed E-state index contributed by atoms with van der Waals surface area (Å²) in [5.74, 6) is 0.645. The number of hydrogen-bond donors (Lipinski definition) is 2. The highest BCUT2D eigenvalue weighted by Crippen LogP contribution is 2.50. The zero-order valence-corrected chi connectivity index (χ0v) is 13.0. The largest absolute Gasteiger partial charge is 0.382 e. The second kappa shape index (κ2) is 4.85. The van der Waals surface area contributed by atoms with Crippen molar-refractivity contribution in [3.63, 3.8) is 0 Å². The Hall–Kier alpha value is -1.32. The summed E-state index contributed by atoms with van der Waals surface area (Å²) in [5.41, 5.74) is 12.1. The van der Waals surface area contributed by atoms with Gasteiger partial charge < -0.3 is 11.1 Å². The van der Waals surface area contributed by atoms with Crippen LogP contribution in [-0.2, 0) is 0 Å². The van der Waals surface area contributed by atoms with Gasteiger partial charge in [-0.25, -0.2) is 0 Å². The van der Waals surface area contributed by atoms with Crippen molar-refractivity contribution in [1.29, 1.82) is 0 Å². The third-order valence-electron chi connectivity index (χ3n) is 5.40. The molecule has 4 rings (SSSR count). The van der Waals surface area contributed by atoms with Crippen molar-refractivity contribution in [3.05, 3.63) is 35.4 Å². The van der Waals surface area contributed by atoms with Crippen LogP contribution in [0.4, 0.5) is 5.69 Å². The summed E-state index contributed by atoms with van der Waals surface area (Å²) in [6, 6.07) is 7.97. The number of nitrogens with two attached hydrogens (primary N) is 1. The summed E-state index contributed by atoms with van der Waals surface area (Å²) >= 11 is 0. The molecule has 0 saturated heterocycles. The molecular weight excluding hydrogens is 258 g/mol. The fraction of sp³-hybridized carbons (Fsp3) is 0.556. The predicted molar refractivity (Wildman–Crippen MR) is 88.5 cm³/mol. The van der Waals surface area contributed by atoms with Gasteiger partial charge in [0.15, 0.2) is 0 Å². The summed E-state index contributed by atoms with van der Waals surface area (Å²) in [6.07, 6.45) is 4.75. The van der Waals surface area contributed by atoms with Gasteiger partial charge in [-0.05, 0) is 49.1 Å². The van der Waals surface area contributed by atoms with Crippen LogP contribution in [-0.4, -0.2) is 36.1 Å². The summed E-state index contributed by atoms with van der Waals surface area (Å²) in [6.45, 7) is 6.74. The standard InChI is InChI=1S/C18H25N3/c1-3-7-21-10-12(19)8-15-13-5-4-6-16-18(13)14(9-17(15)21)11(2)20-16/h4-6,8,11-12,14,17,20H,3,7,9-10,19H2,1-2H3/t11-,12+,14-,17-/m1/s1. The molecular formula is C18H25N3. The number of benzene rings is 1. The number of fused-ring (bicyclic) bond motifs is 2. The van der Waals surface area contributed by atoms with Crippen LogP contribution in [0.25, 0.3) is 5.57 Å². The Morgan fingerprint density at radius 3 is 3.05 bits per heavy atom. The topological polar surface area (TPSA) is 41.3 Å². The first-order valence-electron chi connectivity index (χ1n) is 8.30. The van der Waals surface area contributed by atoms with Crippen molar-refractivity contribution >= 4 is 11.3 Å². The van der Waals surface area contributed by atoms with Crippen molar-refractivity contribution in [2.45, 2.75) is 50.7 Å². The Balaban J connectivity index is 1.83. The summed E-state index contributed by atoms with van der Waals surface area (Å²) < 4.78 is 0. The van der Waals surface area contributed by atoms with Crippen LogP contribution in [0.15, 0.2) is 24.3 Å². The summed E-state index contributed by atoms with van der Waals surface area (Å²) in [7, 11) is 0. The lowest BCUT2D eigenvalue weighted by Crippen LogP contribution is -2.49. The molecule has 1 aromatic carbocycles. The molecule has 1 aliphatic carbocycles. The Morgan fingerprint density at radius 1 is 1.38 bits per heavy atom. The van der Waals surface area contributed by atoms with E-state index in [9.17, 15) is 0 Å². The third-order valence-corrected chi connectivity index (χ3v) is 5.40. The molecule has 0 spiro atoms. The lowest BCUT2D eigenvalue weighted by molar-refractivity contribution is 0.200. The molecule has 4 atom stereocenters. The average Bonchev–Trinajstić information content (AvgIpc) is 2.78. The van der Waals surface area contributed by atoms with Gasteiger partial charge in [-0.15, -0.1) is 0 Å². The van der Waals surface area contributed by atoms with Crippen LogP contribution in [0.3, 0.4) is 0 Å². The molecule has 3 nitrogen and oxygen atoms in total. The molecule has 2 aliphatic heterocycles. The quantitative estimate of drug-likeness (QED) is 0.877. The molecule has 0 saturated carbocycles. The van der Waals surface area contributed by atoms with Crippen molar-refractivity contribution in [1.82, 2.24) is 4.90 Å². The Kier molecular flexibility index (Phi) is 3.09. The van der Waals surface area contributed by atoms with Crippen molar-refractivity contribution in [3.8, 4) is 0 Å². The van der Waals surface area contributed by atoms with Gasteiger partial charge in [-0.3, -0.25) is 4.90 Å². The van der Waals surface area contributed by atoms with E-state index in [2.05, 4.69) is 48.3 Å². The maximum absolute atomic E-state index is 6.30. The third kappa shape index (κ3) is 1.95. The highest BCUT2D eigenvalue weighted by molar-refractivity contribution is 5.81. The number of anilines is 1. The van der Waals surface area contributed by atoms with Crippen LogP contribution in [0.1, 0.15) is 43.7 Å². The first-order valence-corrected chi connectivity index (χ1v) is 8.30. The molecule has 3 heteroatoms. The SMILES string of the molecule is CCCN1C[C@@H](N)C=C2c3cccc4c3[C@H](C[C@H]21)[C@@H](C)N4. The Morgan fingerprint density at radius 2 is 2.24 bits per heavy atom. The Bertz CT molecular complexity index is 592. The van der Waals surface area contributed by atoms with E-state index in [0.29, 0.717) is 18.0 Å². The van der Waals surface area contributed by atoms with Crippen molar-refractivity contribution in [2.24, 2.45) is 5.73 Å². The molecule has 0 aromatic heterocycles. The molecule has 112 valence electrons. The van der Waals surface area contributed by atoms with E-state index in [1.54, 1.807) is 0 Å². The number of nitrogens with zero attached hydrogens (tertiary/aromatic N) is 1. The van der Waals surface area contributed by atoms with Crippen LogP contribution in [0.2, 0.25) is 0 Å². The Labute approximate surface area is 127 Å². The molecule has 2 heterocycles. The minimum Gasteiger partial charge on any atom is -0.382 e. The number of nitrogens with one attached hydrogen (secondary N) is 1. The lowest BCUT2D eigenvalue weighted by atomic mass is 9.73. The maximum atomic E-state index is 6.30. The van der Waals surface area contributed by atoms with E-state index >= 15 is 0 Å². The zero-order valence-electron chi connectivity index (χ0n) is 13.0. The van der Waals surface area contributed by atoms with Crippen molar-refractivity contribution in [2.75, 3.05) is 18.4 Å². The van der Waals surface area contributed by atoms with Gasteiger partial charge in [-0.1, -0.05) is 25.1 Å². The van der Waals surface area contributed by atoms with E-state index in [4.69, 9.17) is 5.73 Å². The van der Waals surface area contributed by atoms with Crippen LogP contribution in [0.5, 0.6) is 0 Å². The second-order valence-corrected chi connectivity index (χ2v) is 6.84. The first-order chi connectivity index (χ1) is 10.2. The summed E-state index contributed by atoms with van der Waals surface area (Å²) in [4.78, 5) is 2.61. The molecule has 21 heavy (non-hydrogen) atoms. The van der Waals surface area contributed by atoms with Gasteiger partial charge in [0.1, 0.15) is 0 Å². The minimum atomic E-state index is 0.169. The fourth-order valence-electron chi connectivity index (χ4n) is 4.57. The van der Waals surface area contributed by atoms with Crippen LogP contribution in [0, 0.1) is 0 Å². The average molecular weight is 283 g/mol. The molecule has 0 unspecified atom stereocenters. The van der Waals surface area contributed by atoms with E-state index in [0.717, 1.165) is 13.1 Å². The molecule has 3 N–H and O–H groups in total. The maximum Gasteiger partial charge on any atom is 0.0384 e. The van der Waals surface area contributed by atoms with Gasteiger partial charge in [0.25, 0.3) is 0 Å². The predicted octanol–water partition coefficient (Wildman–Crippen LogP) is 2.79. The zero-order chi connectivity index (χ0) is 14.6. The summed E-state index contributed by atoms with van der Waals surface area (Å²) in [5, 5.41) is 3.67. The van der Waals surface area contributed by atoms with E-state index in [1.165, 1.54) is 35.2 Å². The smallest absolute Gasteiger partial charge is 0.0384 e. The number of rotatable bonds is 2. The van der Waals surface area contributed by atoms with Gasteiger partial charge in [0.05, 0.1) is 0 Å². The van der Waals surface area contributed by atoms with Gasteiger partial charge in [0.2, 0.25) is 0 Å². The normalized spacial score (nSPS) is 34.0. The molecule has 3 aliphatic rings. The van der Waals surface area contributed by atoms with Crippen LogP contribution >= 0.6 is 0 Å². The van der Waals surface area contributed by atoms with Crippen LogP contribution < -0.4 is 11.1 Å².